The van der Waals surface area contributed by atoms with Crippen LogP contribution in [0.3, 0.4) is 0 Å². The summed E-state index contributed by atoms with van der Waals surface area (Å²) in [5.74, 6) is 0. The lowest BCUT2D eigenvalue weighted by atomic mass is 10.6. The zero-order valence-corrected chi connectivity index (χ0v) is 10.4. The molecule has 0 bridgehead atoms. The molecule has 0 aromatic rings. The summed E-state index contributed by atoms with van der Waals surface area (Å²) in [4.78, 5) is 0. The van der Waals surface area contributed by atoms with Crippen LogP contribution in [0, 0.1) is 0 Å². The standard InChI is InChI=1S/C8H19N2OPS/c1-4-9(5-2)12(13)10(6-3)7-8-11-12/h4-8H2,1-3H3. The largest absolute Gasteiger partial charge is 0.325 e. The summed E-state index contributed by atoms with van der Waals surface area (Å²) < 4.78 is 10.4. The van der Waals surface area contributed by atoms with Crippen LogP contribution in [0.5, 0.6) is 0 Å². The van der Waals surface area contributed by atoms with Crippen LogP contribution in [-0.4, -0.2) is 42.1 Å². The topological polar surface area (TPSA) is 15.7 Å². The van der Waals surface area contributed by atoms with Crippen molar-refractivity contribution in [3.8, 4) is 0 Å². The van der Waals surface area contributed by atoms with Gasteiger partial charge in [-0.1, -0.05) is 20.8 Å². The van der Waals surface area contributed by atoms with Crippen molar-refractivity contribution >= 4 is 18.4 Å². The molecule has 0 aromatic carbocycles. The molecule has 3 nitrogen and oxygen atoms in total. The van der Waals surface area contributed by atoms with Crippen LogP contribution >= 0.6 is 6.57 Å². The highest BCUT2D eigenvalue weighted by Gasteiger charge is 2.35. The van der Waals surface area contributed by atoms with Gasteiger partial charge in [-0.3, -0.25) is 0 Å². The predicted molar refractivity (Wildman–Crippen MR) is 60.4 cm³/mol. The molecular weight excluding hydrogens is 203 g/mol. The average molecular weight is 222 g/mol. The van der Waals surface area contributed by atoms with E-state index in [1.807, 2.05) is 0 Å². The smallest absolute Gasteiger partial charge is 0.203 e. The minimum absolute atomic E-state index is 0.807. The van der Waals surface area contributed by atoms with Crippen LogP contribution in [-0.2, 0) is 16.3 Å². The van der Waals surface area contributed by atoms with E-state index in [0.717, 1.165) is 32.8 Å². The van der Waals surface area contributed by atoms with E-state index in [9.17, 15) is 0 Å². The maximum absolute atomic E-state index is 5.77. The van der Waals surface area contributed by atoms with Gasteiger partial charge in [-0.2, -0.15) is 0 Å². The normalized spacial score (nSPS) is 30.2. The fourth-order valence-electron chi connectivity index (χ4n) is 1.65. The number of rotatable bonds is 4. The van der Waals surface area contributed by atoms with Gasteiger partial charge < -0.3 is 4.52 Å². The fourth-order valence-corrected chi connectivity index (χ4v) is 5.57. The van der Waals surface area contributed by atoms with Gasteiger partial charge in [0, 0.05) is 26.2 Å². The van der Waals surface area contributed by atoms with Crippen LogP contribution in [0.2, 0.25) is 0 Å². The molecule has 0 spiro atoms. The number of hydrogen-bond acceptors (Lipinski definition) is 2. The highest BCUT2D eigenvalue weighted by Crippen LogP contribution is 2.57. The van der Waals surface area contributed by atoms with Crippen LogP contribution in [0.1, 0.15) is 20.8 Å². The Morgan fingerprint density at radius 2 is 2.00 bits per heavy atom. The molecule has 0 aromatic heterocycles. The third-order valence-corrected chi connectivity index (χ3v) is 7.12. The molecule has 78 valence electrons. The molecule has 1 atom stereocenters. The van der Waals surface area contributed by atoms with E-state index in [0.29, 0.717) is 0 Å². The molecule has 13 heavy (non-hydrogen) atoms. The Morgan fingerprint density at radius 3 is 2.46 bits per heavy atom. The number of hydrogen-bond donors (Lipinski definition) is 0. The molecule has 1 saturated heterocycles. The second-order valence-electron chi connectivity index (χ2n) is 3.01. The molecule has 1 rings (SSSR count). The Labute approximate surface area is 86.2 Å². The zero-order chi connectivity index (χ0) is 9.90. The Balaban J connectivity index is 2.78. The lowest BCUT2D eigenvalue weighted by Crippen LogP contribution is -2.28. The SMILES string of the molecule is CCN(CC)P1(=S)OCCN1CC. The molecule has 0 aliphatic carbocycles. The first-order valence-electron chi connectivity index (χ1n) is 4.94. The molecule has 5 heteroatoms. The van der Waals surface area contributed by atoms with Crippen LogP contribution in [0.4, 0.5) is 0 Å². The summed E-state index contributed by atoms with van der Waals surface area (Å²) in [6.45, 7) is 9.45. The van der Waals surface area contributed by atoms with E-state index in [1.165, 1.54) is 0 Å². The molecule has 1 unspecified atom stereocenters. The lowest BCUT2D eigenvalue weighted by molar-refractivity contribution is 0.350. The third-order valence-electron chi connectivity index (χ3n) is 2.42. The quantitative estimate of drug-likeness (QED) is 0.675. The van der Waals surface area contributed by atoms with Gasteiger partial charge in [-0.15, -0.1) is 0 Å². The second kappa shape index (κ2) is 4.85. The summed E-state index contributed by atoms with van der Waals surface area (Å²) in [6.07, 6.45) is 0. The van der Waals surface area contributed by atoms with Crippen molar-refractivity contribution in [1.29, 1.82) is 0 Å². The molecule has 1 aliphatic heterocycles. The molecule has 0 saturated carbocycles. The van der Waals surface area contributed by atoms with Crippen molar-refractivity contribution in [2.45, 2.75) is 20.8 Å². The monoisotopic (exact) mass is 222 g/mol. The Kier molecular flexibility index (Phi) is 4.33. The summed E-state index contributed by atoms with van der Waals surface area (Å²) in [6, 6.07) is 0. The number of nitrogens with zero attached hydrogens (tertiary/aromatic N) is 2. The summed E-state index contributed by atoms with van der Waals surface area (Å²) in [5, 5.41) is 0. The predicted octanol–water partition coefficient (Wildman–Crippen LogP) is 1.90. The maximum Gasteiger partial charge on any atom is 0.203 e. The Morgan fingerprint density at radius 1 is 1.38 bits per heavy atom. The molecule has 0 radical (unpaired) electrons. The highest BCUT2D eigenvalue weighted by atomic mass is 32.5. The van der Waals surface area contributed by atoms with E-state index in [1.54, 1.807) is 0 Å². The molecule has 1 heterocycles. The van der Waals surface area contributed by atoms with E-state index in [4.69, 9.17) is 16.3 Å². The fraction of sp³-hybridized carbons (Fsp3) is 1.00. The number of likely N-dealkylation sites (N-methyl/N-ethyl adjacent to an activating group) is 1. The molecule has 0 N–H and O–H groups in total. The van der Waals surface area contributed by atoms with Crippen LogP contribution < -0.4 is 0 Å². The van der Waals surface area contributed by atoms with E-state index >= 15 is 0 Å². The van der Waals surface area contributed by atoms with Gasteiger partial charge in [0.1, 0.15) is 0 Å². The van der Waals surface area contributed by atoms with Crippen molar-refractivity contribution in [1.82, 2.24) is 9.34 Å². The maximum atomic E-state index is 5.77. The minimum atomic E-state index is -1.79. The van der Waals surface area contributed by atoms with E-state index in [2.05, 4.69) is 30.1 Å². The first-order chi connectivity index (χ1) is 6.19. The van der Waals surface area contributed by atoms with Crippen molar-refractivity contribution < 1.29 is 4.52 Å². The van der Waals surface area contributed by atoms with Gasteiger partial charge in [-0.25, -0.2) is 9.34 Å². The first-order valence-corrected chi connectivity index (χ1v) is 7.57. The zero-order valence-electron chi connectivity index (χ0n) is 8.69. The first kappa shape index (κ1) is 11.6. The van der Waals surface area contributed by atoms with Crippen molar-refractivity contribution in [2.24, 2.45) is 0 Å². The van der Waals surface area contributed by atoms with Crippen molar-refractivity contribution in [3.05, 3.63) is 0 Å². The van der Waals surface area contributed by atoms with Crippen LogP contribution in [0.15, 0.2) is 0 Å². The van der Waals surface area contributed by atoms with Crippen LogP contribution in [0.25, 0.3) is 0 Å². The average Bonchev–Trinajstić information content (AvgIpc) is 2.49. The van der Waals surface area contributed by atoms with E-state index < -0.39 is 6.57 Å². The lowest BCUT2D eigenvalue weighted by Gasteiger charge is -2.34. The summed E-state index contributed by atoms with van der Waals surface area (Å²) in [5.41, 5.74) is 0. The van der Waals surface area contributed by atoms with Gasteiger partial charge in [0.2, 0.25) is 6.57 Å². The second-order valence-corrected chi connectivity index (χ2v) is 6.81. The van der Waals surface area contributed by atoms with Gasteiger partial charge >= 0.3 is 0 Å². The van der Waals surface area contributed by atoms with Gasteiger partial charge in [0.25, 0.3) is 0 Å². The molecule has 1 aliphatic rings. The molecular formula is C8H19N2OPS. The Hall–Kier alpha value is 0.530. The minimum Gasteiger partial charge on any atom is -0.325 e. The highest BCUT2D eigenvalue weighted by molar-refractivity contribution is 8.10. The third kappa shape index (κ3) is 2.13. The molecule has 1 fully saturated rings. The molecule has 0 amide bonds. The summed E-state index contributed by atoms with van der Waals surface area (Å²) >= 11 is 5.65. The van der Waals surface area contributed by atoms with Crippen molar-refractivity contribution in [3.63, 3.8) is 0 Å². The van der Waals surface area contributed by atoms with Gasteiger partial charge in [-0.05, 0) is 11.8 Å². The van der Waals surface area contributed by atoms with E-state index in [-0.39, 0.29) is 0 Å². The van der Waals surface area contributed by atoms with Crippen molar-refractivity contribution in [2.75, 3.05) is 32.8 Å². The van der Waals surface area contributed by atoms with Gasteiger partial charge in [0.15, 0.2) is 0 Å². The Bertz CT molecular complexity index is 208. The summed E-state index contributed by atoms with van der Waals surface area (Å²) in [7, 11) is 0. The van der Waals surface area contributed by atoms with Gasteiger partial charge in [0.05, 0.1) is 6.61 Å².